The van der Waals surface area contributed by atoms with Crippen LogP contribution in [0.25, 0.3) is 0 Å². The van der Waals surface area contributed by atoms with Crippen LogP contribution in [-0.2, 0) is 26.0 Å². The third-order valence-electron chi connectivity index (χ3n) is 7.36. The van der Waals surface area contributed by atoms with Crippen molar-refractivity contribution in [3.8, 4) is 5.75 Å². The molecule has 0 bridgehead atoms. The Bertz CT molecular complexity index is 1380. The van der Waals surface area contributed by atoms with Gasteiger partial charge in [-0.05, 0) is 59.7 Å². The number of aliphatic carboxylic acids is 1. The average molecular weight is 568 g/mol. The molecule has 1 aliphatic rings. The van der Waals surface area contributed by atoms with Gasteiger partial charge in [0.25, 0.3) is 0 Å². The van der Waals surface area contributed by atoms with Crippen LogP contribution in [0.3, 0.4) is 0 Å². The number of thioether (sulfide) groups is 1. The number of hydrogen-bond donors (Lipinski definition) is 1. The smallest absolute Gasteiger partial charge is 0.308 e. The fourth-order valence-electron chi connectivity index (χ4n) is 4.91. The Kier molecular flexibility index (Phi) is 8.78. The number of piperidine rings is 1. The van der Waals surface area contributed by atoms with Crippen molar-refractivity contribution in [2.45, 2.75) is 61.5 Å². The summed E-state index contributed by atoms with van der Waals surface area (Å²) in [6.07, 6.45) is 0.388. The molecule has 0 amide bonds. The molecule has 1 heterocycles. The van der Waals surface area contributed by atoms with E-state index in [1.54, 1.807) is 43.1 Å². The molecule has 0 aliphatic carbocycles. The largest absolute Gasteiger partial charge is 0.497 e. The van der Waals surface area contributed by atoms with Crippen LogP contribution < -0.4 is 4.74 Å². The number of sulfonamides is 1. The minimum absolute atomic E-state index is 0.0570. The molecule has 0 aromatic heterocycles. The highest BCUT2D eigenvalue weighted by molar-refractivity contribution is 7.99. The molecule has 3 aromatic rings. The lowest BCUT2D eigenvalue weighted by Crippen LogP contribution is -2.49. The van der Waals surface area contributed by atoms with Gasteiger partial charge in [0.15, 0.2) is 0 Å². The first-order valence-corrected chi connectivity index (χ1v) is 15.6. The van der Waals surface area contributed by atoms with Crippen LogP contribution in [0.15, 0.2) is 77.7 Å². The molecular weight excluding hydrogens is 530 g/mol. The monoisotopic (exact) mass is 567 g/mol. The third kappa shape index (κ3) is 6.68. The topological polar surface area (TPSA) is 83.9 Å². The maximum Gasteiger partial charge on any atom is 0.308 e. The van der Waals surface area contributed by atoms with E-state index in [-0.39, 0.29) is 22.1 Å². The summed E-state index contributed by atoms with van der Waals surface area (Å²) in [4.78, 5) is 12.6. The Balaban J connectivity index is 1.65. The molecule has 0 radical (unpaired) electrons. The van der Waals surface area contributed by atoms with Crippen molar-refractivity contribution in [1.29, 1.82) is 0 Å². The van der Waals surface area contributed by atoms with E-state index in [1.165, 1.54) is 9.87 Å². The van der Waals surface area contributed by atoms with Crippen molar-refractivity contribution in [1.82, 2.24) is 4.31 Å². The number of benzene rings is 3. The summed E-state index contributed by atoms with van der Waals surface area (Å²) in [5.74, 6) is -0.485. The van der Waals surface area contributed by atoms with Gasteiger partial charge in [-0.2, -0.15) is 16.1 Å². The minimum Gasteiger partial charge on any atom is -0.497 e. The van der Waals surface area contributed by atoms with E-state index in [9.17, 15) is 18.3 Å². The second-order valence-corrected chi connectivity index (χ2v) is 14.3. The highest BCUT2D eigenvalue weighted by atomic mass is 32.2. The number of methoxy groups -OCH3 is 1. The fraction of sp³-hybridized carbons (Fsp3) is 0.387. The van der Waals surface area contributed by atoms with Crippen LogP contribution in [0.1, 0.15) is 55.5 Å². The molecular formula is C31H37NO5S2. The summed E-state index contributed by atoms with van der Waals surface area (Å²) in [5.41, 5.74) is 4.19. The van der Waals surface area contributed by atoms with Gasteiger partial charge in [-0.25, -0.2) is 8.42 Å². The fourth-order valence-corrected chi connectivity index (χ4v) is 7.91. The van der Waals surface area contributed by atoms with Crippen LogP contribution in [-0.4, -0.2) is 42.7 Å². The molecule has 3 aromatic carbocycles. The van der Waals surface area contributed by atoms with Crippen molar-refractivity contribution in [3.63, 3.8) is 0 Å². The number of aryl methyl sites for hydroxylation is 1. The predicted molar refractivity (Wildman–Crippen MR) is 157 cm³/mol. The predicted octanol–water partition coefficient (Wildman–Crippen LogP) is 6.44. The van der Waals surface area contributed by atoms with Gasteiger partial charge in [0.1, 0.15) is 5.75 Å². The van der Waals surface area contributed by atoms with E-state index in [4.69, 9.17) is 4.74 Å². The van der Waals surface area contributed by atoms with Gasteiger partial charge in [0, 0.05) is 17.5 Å². The summed E-state index contributed by atoms with van der Waals surface area (Å²) < 4.78 is 34.4. The van der Waals surface area contributed by atoms with Crippen LogP contribution in [0.5, 0.6) is 5.75 Å². The summed E-state index contributed by atoms with van der Waals surface area (Å²) in [6, 6.07) is 22.0. The Morgan fingerprint density at radius 3 is 2.15 bits per heavy atom. The van der Waals surface area contributed by atoms with Gasteiger partial charge in [-0.15, -0.1) is 0 Å². The number of rotatable bonds is 8. The lowest BCUT2D eigenvalue weighted by atomic mass is 9.87. The van der Waals surface area contributed by atoms with Crippen molar-refractivity contribution in [3.05, 3.63) is 95.1 Å². The molecule has 4 rings (SSSR count). The lowest BCUT2D eigenvalue weighted by molar-refractivity contribution is -0.143. The molecule has 0 saturated carbocycles. The number of nitrogens with zero attached hydrogens (tertiary/aromatic N) is 1. The maximum absolute atomic E-state index is 13.9. The van der Waals surface area contributed by atoms with Crippen molar-refractivity contribution >= 4 is 27.8 Å². The van der Waals surface area contributed by atoms with Crippen molar-refractivity contribution in [2.24, 2.45) is 5.92 Å². The number of carboxylic acid groups (broad SMARTS) is 1. The summed E-state index contributed by atoms with van der Waals surface area (Å²) in [5, 5.41) is 9.93. The Hall–Kier alpha value is -2.81. The number of hydrogen-bond acceptors (Lipinski definition) is 5. The standard InChI is InChI=1S/C31H37NO5S2/c1-21-6-16-26(17-7-21)39(35,36)32-19-27(30(33)34)29(18-28(32)23-10-14-25(37-5)15-11-23)38-20-22-8-12-24(13-9-22)31(2,3)4/h6-17,27-29H,18-20H2,1-5H3,(H,33,34)/t27-,28+,29-/m1/s1. The zero-order valence-corrected chi connectivity index (χ0v) is 24.8. The Labute approximate surface area is 236 Å². The normalized spacial score (nSPS) is 20.5. The number of ether oxygens (including phenoxy) is 1. The zero-order valence-electron chi connectivity index (χ0n) is 23.1. The summed E-state index contributed by atoms with van der Waals surface area (Å²) in [6.45, 7) is 8.32. The number of carboxylic acids is 1. The van der Waals surface area contributed by atoms with Crippen LogP contribution >= 0.6 is 11.8 Å². The minimum atomic E-state index is -3.94. The van der Waals surface area contributed by atoms with Gasteiger partial charge in [0.05, 0.1) is 24.0 Å². The molecule has 1 N–H and O–H groups in total. The molecule has 0 unspecified atom stereocenters. The molecule has 1 aliphatic heterocycles. The average Bonchev–Trinajstić information content (AvgIpc) is 2.91. The molecule has 6 nitrogen and oxygen atoms in total. The molecule has 1 saturated heterocycles. The van der Waals surface area contributed by atoms with Gasteiger partial charge in [-0.1, -0.05) is 74.9 Å². The van der Waals surface area contributed by atoms with Crippen molar-refractivity contribution < 1.29 is 23.1 Å². The number of carbonyl (C=O) groups is 1. The van der Waals surface area contributed by atoms with Gasteiger partial charge in [0.2, 0.25) is 10.0 Å². The maximum atomic E-state index is 13.9. The van der Waals surface area contributed by atoms with Crippen LogP contribution in [0.4, 0.5) is 0 Å². The van der Waals surface area contributed by atoms with Gasteiger partial charge >= 0.3 is 5.97 Å². The van der Waals surface area contributed by atoms with Crippen molar-refractivity contribution in [2.75, 3.05) is 13.7 Å². The van der Waals surface area contributed by atoms with Crippen LogP contribution in [0, 0.1) is 12.8 Å². The molecule has 1 fully saturated rings. The first-order chi connectivity index (χ1) is 18.4. The van der Waals surface area contributed by atoms with E-state index in [0.29, 0.717) is 17.9 Å². The van der Waals surface area contributed by atoms with Gasteiger partial charge in [-0.3, -0.25) is 4.79 Å². The van der Waals surface area contributed by atoms with Crippen LogP contribution in [0.2, 0.25) is 0 Å². The summed E-state index contributed by atoms with van der Waals surface area (Å²) >= 11 is 1.59. The first-order valence-electron chi connectivity index (χ1n) is 13.1. The second kappa shape index (κ2) is 11.7. The molecule has 0 spiro atoms. The van der Waals surface area contributed by atoms with Gasteiger partial charge < -0.3 is 9.84 Å². The van der Waals surface area contributed by atoms with E-state index in [2.05, 4.69) is 45.0 Å². The second-order valence-electron chi connectivity index (χ2n) is 11.2. The lowest BCUT2D eigenvalue weighted by Gasteiger charge is -2.41. The molecule has 3 atom stereocenters. The quantitative estimate of drug-likeness (QED) is 0.337. The van der Waals surface area contributed by atoms with E-state index in [1.807, 2.05) is 31.2 Å². The third-order valence-corrected chi connectivity index (χ3v) is 10.7. The molecule has 208 valence electrons. The highest BCUT2D eigenvalue weighted by Crippen LogP contribution is 2.43. The Morgan fingerprint density at radius 1 is 1.00 bits per heavy atom. The molecule has 39 heavy (non-hydrogen) atoms. The van der Waals surface area contributed by atoms with E-state index in [0.717, 1.165) is 16.7 Å². The first kappa shape index (κ1) is 29.2. The van der Waals surface area contributed by atoms with E-state index >= 15 is 0 Å². The SMILES string of the molecule is COc1ccc([C@@H]2C[C@@H](SCc3ccc(C(C)(C)C)cc3)[C@H](C(=O)O)CN2S(=O)(=O)c2ccc(C)cc2)cc1. The van der Waals surface area contributed by atoms with E-state index < -0.39 is 28.0 Å². The Morgan fingerprint density at radius 2 is 1.62 bits per heavy atom. The zero-order chi connectivity index (χ0) is 28.4. The molecule has 8 heteroatoms. The summed E-state index contributed by atoms with van der Waals surface area (Å²) in [7, 11) is -2.35. The highest BCUT2D eigenvalue weighted by Gasteiger charge is 2.45.